The second-order valence-electron chi connectivity index (χ2n) is 4.26. The summed E-state index contributed by atoms with van der Waals surface area (Å²) >= 11 is 0. The number of hydrogen-bond acceptors (Lipinski definition) is 3. The summed E-state index contributed by atoms with van der Waals surface area (Å²) in [5.41, 5.74) is -2.59. The SMILES string of the molecule is NC(=O)c1c(C(F)(F)F)cc(C(F)(F)C(F)(F)C(F)(F)F)nc1O. The molecule has 0 aliphatic carbocycles. The Bertz CT molecular complexity index is 665. The topological polar surface area (TPSA) is 76.2 Å². The summed E-state index contributed by atoms with van der Waals surface area (Å²) in [6.45, 7) is 0. The first-order valence-electron chi connectivity index (χ1n) is 5.38. The number of aromatic nitrogens is 1. The second kappa shape index (κ2) is 5.37. The van der Waals surface area contributed by atoms with Crippen molar-refractivity contribution in [3.05, 3.63) is 22.9 Å². The van der Waals surface area contributed by atoms with Crippen LogP contribution in [0.25, 0.3) is 0 Å². The molecule has 1 rings (SSSR count). The van der Waals surface area contributed by atoms with Gasteiger partial charge in [0.05, 0.1) is 5.56 Å². The summed E-state index contributed by atoms with van der Waals surface area (Å²) in [5, 5.41) is 9.07. The third-order valence-electron chi connectivity index (χ3n) is 2.62. The van der Waals surface area contributed by atoms with Gasteiger partial charge in [0.2, 0.25) is 5.88 Å². The van der Waals surface area contributed by atoms with Crippen LogP contribution in [0.15, 0.2) is 6.07 Å². The molecule has 0 spiro atoms. The Kier molecular flexibility index (Phi) is 4.43. The molecule has 0 saturated heterocycles. The monoisotopic (exact) mass is 374 g/mol. The van der Waals surface area contributed by atoms with Crippen molar-refractivity contribution in [1.29, 1.82) is 0 Å². The minimum atomic E-state index is -6.84. The lowest BCUT2D eigenvalue weighted by atomic mass is 10.0. The number of alkyl halides is 10. The van der Waals surface area contributed by atoms with E-state index in [1.165, 1.54) is 0 Å². The minimum Gasteiger partial charge on any atom is -0.493 e. The molecule has 1 aromatic rings. The van der Waals surface area contributed by atoms with Gasteiger partial charge in [-0.05, 0) is 6.07 Å². The highest BCUT2D eigenvalue weighted by Crippen LogP contribution is 2.52. The first-order chi connectivity index (χ1) is 10.4. The van der Waals surface area contributed by atoms with Crippen LogP contribution in [0.5, 0.6) is 5.88 Å². The summed E-state index contributed by atoms with van der Waals surface area (Å²) in [7, 11) is 0. The van der Waals surface area contributed by atoms with Crippen molar-refractivity contribution in [3.63, 3.8) is 0 Å². The molecular formula is C10H4F10N2O2. The highest BCUT2D eigenvalue weighted by molar-refractivity contribution is 5.96. The van der Waals surface area contributed by atoms with E-state index >= 15 is 0 Å². The van der Waals surface area contributed by atoms with E-state index < -0.39 is 58.9 Å². The number of amides is 1. The number of nitrogens with two attached hydrogens (primary N) is 1. The van der Waals surface area contributed by atoms with Crippen LogP contribution in [-0.2, 0) is 12.1 Å². The molecule has 0 aromatic carbocycles. The van der Waals surface area contributed by atoms with E-state index in [1.807, 2.05) is 0 Å². The van der Waals surface area contributed by atoms with Gasteiger partial charge in [0.25, 0.3) is 5.91 Å². The van der Waals surface area contributed by atoms with E-state index in [9.17, 15) is 48.7 Å². The van der Waals surface area contributed by atoms with Crippen LogP contribution in [0, 0.1) is 0 Å². The van der Waals surface area contributed by atoms with Crippen LogP contribution in [0.4, 0.5) is 43.9 Å². The van der Waals surface area contributed by atoms with E-state index in [1.54, 1.807) is 0 Å². The maximum absolute atomic E-state index is 13.4. The number of hydrogen-bond donors (Lipinski definition) is 2. The lowest BCUT2D eigenvalue weighted by Crippen LogP contribution is -2.50. The van der Waals surface area contributed by atoms with Gasteiger partial charge in [-0.3, -0.25) is 4.79 Å². The molecule has 0 atom stereocenters. The van der Waals surface area contributed by atoms with Crippen molar-refractivity contribution in [2.75, 3.05) is 0 Å². The molecule has 0 unspecified atom stereocenters. The van der Waals surface area contributed by atoms with Gasteiger partial charge in [-0.2, -0.15) is 43.9 Å². The molecule has 14 heteroatoms. The molecule has 3 N–H and O–H groups in total. The van der Waals surface area contributed by atoms with Gasteiger partial charge in [-0.1, -0.05) is 0 Å². The molecule has 1 heterocycles. The van der Waals surface area contributed by atoms with Crippen LogP contribution in [-0.4, -0.2) is 28.1 Å². The molecule has 136 valence electrons. The maximum atomic E-state index is 13.4. The summed E-state index contributed by atoms with van der Waals surface area (Å²) in [4.78, 5) is 13.0. The molecule has 0 aliphatic heterocycles. The molecule has 1 amide bonds. The molecule has 4 nitrogen and oxygen atoms in total. The average Bonchev–Trinajstić information content (AvgIpc) is 2.34. The predicted octanol–water partition coefficient (Wildman–Crippen LogP) is 3.19. The Hall–Kier alpha value is -2.28. The number of carbonyl (C=O) groups excluding carboxylic acids is 1. The van der Waals surface area contributed by atoms with Gasteiger partial charge in [0.15, 0.2) is 0 Å². The van der Waals surface area contributed by atoms with Gasteiger partial charge in [-0.25, -0.2) is 4.98 Å². The highest BCUT2D eigenvalue weighted by Gasteiger charge is 2.74. The predicted molar refractivity (Wildman–Crippen MR) is 54.3 cm³/mol. The van der Waals surface area contributed by atoms with Crippen LogP contribution in [0.1, 0.15) is 21.6 Å². The Morgan fingerprint density at radius 1 is 1.00 bits per heavy atom. The van der Waals surface area contributed by atoms with Crippen molar-refractivity contribution in [2.45, 2.75) is 24.2 Å². The molecule has 1 aromatic heterocycles. The summed E-state index contributed by atoms with van der Waals surface area (Å²) in [6, 6.07) is -0.917. The van der Waals surface area contributed by atoms with Crippen molar-refractivity contribution in [3.8, 4) is 5.88 Å². The molecule has 0 bridgehead atoms. The molecule has 0 saturated carbocycles. The second-order valence-corrected chi connectivity index (χ2v) is 4.26. The van der Waals surface area contributed by atoms with Crippen molar-refractivity contribution >= 4 is 5.91 Å². The number of carbonyl (C=O) groups is 1. The van der Waals surface area contributed by atoms with Gasteiger partial charge >= 0.3 is 24.2 Å². The number of rotatable bonds is 3. The minimum absolute atomic E-state index is 0.917. The molecule has 0 fully saturated rings. The number of primary amides is 1. The fourth-order valence-corrected chi connectivity index (χ4v) is 1.50. The van der Waals surface area contributed by atoms with Gasteiger partial charge < -0.3 is 10.8 Å². The zero-order chi connectivity index (χ0) is 19.3. The largest absolute Gasteiger partial charge is 0.493 e. The van der Waals surface area contributed by atoms with Crippen LogP contribution in [0.2, 0.25) is 0 Å². The van der Waals surface area contributed by atoms with E-state index in [-0.39, 0.29) is 0 Å². The third kappa shape index (κ3) is 3.03. The summed E-state index contributed by atoms with van der Waals surface area (Å²) in [5.74, 6) is -17.3. The lowest BCUT2D eigenvalue weighted by molar-refractivity contribution is -0.360. The van der Waals surface area contributed by atoms with E-state index in [0.717, 1.165) is 0 Å². The summed E-state index contributed by atoms with van der Waals surface area (Å²) in [6.07, 6.45) is -12.5. The maximum Gasteiger partial charge on any atom is 0.460 e. The fourth-order valence-electron chi connectivity index (χ4n) is 1.50. The van der Waals surface area contributed by atoms with E-state index in [0.29, 0.717) is 0 Å². The van der Waals surface area contributed by atoms with E-state index in [4.69, 9.17) is 5.11 Å². The van der Waals surface area contributed by atoms with Crippen molar-refractivity contribution in [2.24, 2.45) is 5.73 Å². The number of halogens is 10. The Balaban J connectivity index is 3.75. The van der Waals surface area contributed by atoms with Crippen LogP contribution in [0.3, 0.4) is 0 Å². The first-order valence-corrected chi connectivity index (χ1v) is 5.38. The van der Waals surface area contributed by atoms with Gasteiger partial charge in [0, 0.05) is 0 Å². The molecule has 0 aliphatic rings. The zero-order valence-corrected chi connectivity index (χ0v) is 10.7. The lowest BCUT2D eigenvalue weighted by Gasteiger charge is -2.28. The zero-order valence-electron chi connectivity index (χ0n) is 10.7. The normalized spacial score (nSPS) is 13.9. The third-order valence-corrected chi connectivity index (χ3v) is 2.62. The Morgan fingerprint density at radius 2 is 1.46 bits per heavy atom. The smallest absolute Gasteiger partial charge is 0.460 e. The summed E-state index contributed by atoms with van der Waals surface area (Å²) < 4.78 is 127. The number of pyridine rings is 1. The Labute approximate surface area is 124 Å². The highest BCUT2D eigenvalue weighted by atomic mass is 19.4. The molecule has 0 radical (unpaired) electrons. The van der Waals surface area contributed by atoms with E-state index in [2.05, 4.69) is 10.7 Å². The van der Waals surface area contributed by atoms with Crippen LogP contribution >= 0.6 is 0 Å². The quantitative estimate of drug-likeness (QED) is 0.798. The molecule has 24 heavy (non-hydrogen) atoms. The number of nitrogens with zero attached hydrogens (tertiary/aromatic N) is 1. The van der Waals surface area contributed by atoms with Crippen LogP contribution < -0.4 is 5.73 Å². The Morgan fingerprint density at radius 3 is 1.79 bits per heavy atom. The average molecular weight is 374 g/mol. The molecular weight excluding hydrogens is 370 g/mol. The van der Waals surface area contributed by atoms with Gasteiger partial charge in [0.1, 0.15) is 11.3 Å². The van der Waals surface area contributed by atoms with Crippen molar-refractivity contribution < 1.29 is 53.8 Å². The number of aromatic hydroxyl groups is 1. The standard InChI is InChI=1S/C10H4F10N2O2/c11-7(12,9(16,17)10(18,19)20)3-1-2(8(13,14)15)4(5(21)23)6(24)22-3/h1H,(H2,21,23)(H,22,24). The van der Waals surface area contributed by atoms with Gasteiger partial charge in [-0.15, -0.1) is 0 Å². The first kappa shape index (κ1) is 19.8. The fraction of sp³-hybridized carbons (Fsp3) is 0.400. The van der Waals surface area contributed by atoms with Crippen molar-refractivity contribution in [1.82, 2.24) is 4.98 Å².